The average Bonchev–Trinajstić information content (AvgIpc) is 2.77. The zero-order valence-electron chi connectivity index (χ0n) is 11.2. The van der Waals surface area contributed by atoms with E-state index in [0.717, 1.165) is 13.1 Å². The van der Waals surface area contributed by atoms with Crippen LogP contribution in [-0.4, -0.2) is 19.6 Å². The molecule has 3 N–H and O–H groups in total. The Bertz CT molecular complexity index is 174. The molecule has 0 amide bonds. The van der Waals surface area contributed by atoms with E-state index in [4.69, 9.17) is 5.73 Å². The maximum absolute atomic E-state index is 5.78. The van der Waals surface area contributed by atoms with Gasteiger partial charge in [-0.1, -0.05) is 33.1 Å². The van der Waals surface area contributed by atoms with Gasteiger partial charge < -0.3 is 11.1 Å². The van der Waals surface area contributed by atoms with Gasteiger partial charge in [0.2, 0.25) is 0 Å². The first-order chi connectivity index (χ1) is 7.76. The summed E-state index contributed by atoms with van der Waals surface area (Å²) in [4.78, 5) is 0. The summed E-state index contributed by atoms with van der Waals surface area (Å²) in [6.07, 6.45) is 9.58. The first-order valence-electron chi connectivity index (χ1n) is 7.17. The highest BCUT2D eigenvalue weighted by atomic mass is 14.9. The molecule has 2 heteroatoms. The van der Waals surface area contributed by atoms with Gasteiger partial charge in [-0.3, -0.25) is 0 Å². The summed E-state index contributed by atoms with van der Waals surface area (Å²) in [7, 11) is 0. The molecular weight excluding hydrogens is 196 g/mol. The van der Waals surface area contributed by atoms with Gasteiger partial charge in [0.1, 0.15) is 0 Å². The number of nitrogens with one attached hydrogen (secondary N) is 1. The van der Waals surface area contributed by atoms with Crippen LogP contribution in [0.15, 0.2) is 0 Å². The SMILES string of the molecule is CCCC(CN)CNCC1(CC)CCCC1. The van der Waals surface area contributed by atoms with E-state index in [1.54, 1.807) is 0 Å². The molecular formula is C14H30N2. The molecule has 0 bridgehead atoms. The highest BCUT2D eigenvalue weighted by molar-refractivity contribution is 4.85. The van der Waals surface area contributed by atoms with Crippen LogP contribution >= 0.6 is 0 Å². The molecule has 1 saturated carbocycles. The second-order valence-electron chi connectivity index (χ2n) is 5.58. The molecule has 1 aliphatic rings. The lowest BCUT2D eigenvalue weighted by Gasteiger charge is -2.28. The highest BCUT2D eigenvalue weighted by Crippen LogP contribution is 2.40. The molecule has 1 rings (SSSR count). The largest absolute Gasteiger partial charge is 0.330 e. The van der Waals surface area contributed by atoms with Crippen molar-refractivity contribution in [2.24, 2.45) is 17.1 Å². The molecule has 0 aromatic rings. The van der Waals surface area contributed by atoms with E-state index < -0.39 is 0 Å². The minimum Gasteiger partial charge on any atom is -0.330 e. The lowest BCUT2D eigenvalue weighted by atomic mass is 9.83. The predicted molar refractivity (Wildman–Crippen MR) is 71.5 cm³/mol. The van der Waals surface area contributed by atoms with Gasteiger partial charge in [-0.15, -0.1) is 0 Å². The van der Waals surface area contributed by atoms with E-state index in [9.17, 15) is 0 Å². The highest BCUT2D eigenvalue weighted by Gasteiger charge is 2.31. The van der Waals surface area contributed by atoms with Crippen molar-refractivity contribution in [1.82, 2.24) is 5.32 Å². The maximum Gasteiger partial charge on any atom is 0.000783 e. The van der Waals surface area contributed by atoms with Gasteiger partial charge in [-0.2, -0.15) is 0 Å². The maximum atomic E-state index is 5.78. The molecule has 0 heterocycles. The smallest absolute Gasteiger partial charge is 0.000783 e. The third kappa shape index (κ3) is 4.06. The monoisotopic (exact) mass is 226 g/mol. The third-order valence-corrected chi connectivity index (χ3v) is 4.38. The van der Waals surface area contributed by atoms with Crippen molar-refractivity contribution in [3.05, 3.63) is 0 Å². The molecule has 1 aliphatic carbocycles. The first-order valence-corrected chi connectivity index (χ1v) is 7.17. The number of rotatable bonds is 8. The summed E-state index contributed by atoms with van der Waals surface area (Å²) < 4.78 is 0. The van der Waals surface area contributed by atoms with Crippen molar-refractivity contribution in [2.45, 2.75) is 58.8 Å². The normalized spacial score (nSPS) is 21.2. The minimum absolute atomic E-state index is 0.616. The quantitative estimate of drug-likeness (QED) is 0.668. The molecule has 0 aromatic carbocycles. The van der Waals surface area contributed by atoms with Crippen LogP contribution in [-0.2, 0) is 0 Å². The van der Waals surface area contributed by atoms with Crippen LogP contribution in [0.1, 0.15) is 58.8 Å². The predicted octanol–water partition coefficient (Wildman–Crippen LogP) is 2.92. The molecule has 2 nitrogen and oxygen atoms in total. The van der Waals surface area contributed by atoms with Crippen molar-refractivity contribution >= 4 is 0 Å². The van der Waals surface area contributed by atoms with Gasteiger partial charge in [0.05, 0.1) is 0 Å². The van der Waals surface area contributed by atoms with Crippen LogP contribution in [0.5, 0.6) is 0 Å². The molecule has 16 heavy (non-hydrogen) atoms. The summed E-state index contributed by atoms with van der Waals surface area (Å²) in [6.45, 7) is 7.75. The summed E-state index contributed by atoms with van der Waals surface area (Å²) >= 11 is 0. The fourth-order valence-electron chi connectivity index (χ4n) is 3.03. The van der Waals surface area contributed by atoms with E-state index in [1.165, 1.54) is 51.5 Å². The van der Waals surface area contributed by atoms with Crippen LogP contribution in [0.4, 0.5) is 0 Å². The van der Waals surface area contributed by atoms with Gasteiger partial charge in [0.25, 0.3) is 0 Å². The van der Waals surface area contributed by atoms with Crippen molar-refractivity contribution in [3.63, 3.8) is 0 Å². The third-order valence-electron chi connectivity index (χ3n) is 4.38. The van der Waals surface area contributed by atoms with Gasteiger partial charge in [0.15, 0.2) is 0 Å². The van der Waals surface area contributed by atoms with E-state index in [0.29, 0.717) is 11.3 Å². The van der Waals surface area contributed by atoms with Gasteiger partial charge in [0, 0.05) is 6.54 Å². The Morgan fingerprint density at radius 2 is 1.94 bits per heavy atom. The van der Waals surface area contributed by atoms with Gasteiger partial charge in [-0.05, 0) is 50.1 Å². The Labute approximate surface area is 101 Å². The Morgan fingerprint density at radius 1 is 1.25 bits per heavy atom. The van der Waals surface area contributed by atoms with Crippen LogP contribution in [0.3, 0.4) is 0 Å². The second-order valence-corrected chi connectivity index (χ2v) is 5.58. The lowest BCUT2D eigenvalue weighted by Crippen LogP contribution is -2.36. The molecule has 0 radical (unpaired) electrons. The summed E-state index contributed by atoms with van der Waals surface area (Å²) in [5.74, 6) is 0.681. The molecule has 1 fully saturated rings. The Kier molecular flexibility index (Phi) is 6.37. The zero-order valence-corrected chi connectivity index (χ0v) is 11.2. The Morgan fingerprint density at radius 3 is 2.44 bits per heavy atom. The second kappa shape index (κ2) is 7.29. The molecule has 0 saturated heterocycles. The minimum atomic E-state index is 0.616. The molecule has 96 valence electrons. The molecule has 0 aromatic heterocycles. The average molecular weight is 226 g/mol. The summed E-state index contributed by atoms with van der Waals surface area (Å²) in [6, 6.07) is 0. The van der Waals surface area contributed by atoms with Gasteiger partial charge in [-0.25, -0.2) is 0 Å². The molecule has 1 atom stereocenters. The van der Waals surface area contributed by atoms with E-state index in [-0.39, 0.29) is 0 Å². The van der Waals surface area contributed by atoms with Crippen molar-refractivity contribution < 1.29 is 0 Å². The summed E-state index contributed by atoms with van der Waals surface area (Å²) in [5, 5.41) is 3.67. The van der Waals surface area contributed by atoms with Crippen LogP contribution < -0.4 is 11.1 Å². The van der Waals surface area contributed by atoms with Crippen LogP contribution in [0.2, 0.25) is 0 Å². The van der Waals surface area contributed by atoms with E-state index in [1.807, 2.05) is 0 Å². The molecule has 0 spiro atoms. The number of hydrogen-bond acceptors (Lipinski definition) is 2. The van der Waals surface area contributed by atoms with Crippen LogP contribution in [0, 0.1) is 11.3 Å². The Hall–Kier alpha value is -0.0800. The topological polar surface area (TPSA) is 38.0 Å². The molecule has 0 aliphatic heterocycles. The van der Waals surface area contributed by atoms with Crippen molar-refractivity contribution in [3.8, 4) is 0 Å². The van der Waals surface area contributed by atoms with E-state index in [2.05, 4.69) is 19.2 Å². The van der Waals surface area contributed by atoms with Crippen molar-refractivity contribution in [2.75, 3.05) is 19.6 Å². The fourth-order valence-corrected chi connectivity index (χ4v) is 3.03. The molecule has 1 unspecified atom stereocenters. The van der Waals surface area contributed by atoms with Crippen molar-refractivity contribution in [1.29, 1.82) is 0 Å². The fraction of sp³-hybridized carbons (Fsp3) is 1.00. The first kappa shape index (κ1) is 14.0. The Balaban J connectivity index is 2.22. The lowest BCUT2D eigenvalue weighted by molar-refractivity contribution is 0.260. The summed E-state index contributed by atoms with van der Waals surface area (Å²) in [5.41, 5.74) is 6.39. The number of hydrogen-bond donors (Lipinski definition) is 2. The zero-order chi connectivity index (χ0) is 11.9. The van der Waals surface area contributed by atoms with Crippen LogP contribution in [0.25, 0.3) is 0 Å². The number of nitrogens with two attached hydrogens (primary N) is 1. The standard InChI is InChI=1S/C14H30N2/c1-3-7-13(10-15)11-16-12-14(4-2)8-5-6-9-14/h13,16H,3-12,15H2,1-2H3. The van der Waals surface area contributed by atoms with E-state index >= 15 is 0 Å². The van der Waals surface area contributed by atoms with Gasteiger partial charge >= 0.3 is 0 Å².